The van der Waals surface area contributed by atoms with Crippen molar-refractivity contribution in [2.45, 2.75) is 70.2 Å². The lowest BCUT2D eigenvalue weighted by molar-refractivity contribution is -0.0276. The summed E-state index contributed by atoms with van der Waals surface area (Å²) in [5.41, 5.74) is 1.26. The summed E-state index contributed by atoms with van der Waals surface area (Å²) in [5.74, 6) is 1.50. The second-order valence-electron chi connectivity index (χ2n) is 8.94. The number of fused-ring (bicyclic) bond motifs is 3. The quantitative estimate of drug-likeness (QED) is 0.751. The fourth-order valence-electron chi connectivity index (χ4n) is 5.10. The van der Waals surface area contributed by atoms with Crippen molar-refractivity contribution in [3.8, 4) is 0 Å². The third-order valence-electron chi connectivity index (χ3n) is 6.66. The molecular weight excluding hydrogens is 322 g/mol. The Hall–Kier alpha value is -1.39. The Kier molecular flexibility index (Phi) is 4.49. The van der Waals surface area contributed by atoms with Crippen molar-refractivity contribution < 1.29 is 4.74 Å². The van der Waals surface area contributed by atoms with Crippen molar-refractivity contribution in [2.24, 2.45) is 11.8 Å². The number of benzene rings is 1. The average molecular weight is 354 g/mol. The molecule has 2 bridgehead atoms. The Morgan fingerprint density at radius 2 is 1.85 bits per heavy atom. The molecule has 2 aliphatic heterocycles. The Balaban J connectivity index is 1.18. The molecule has 3 heterocycles. The predicted octanol–water partition coefficient (Wildman–Crippen LogP) is 4.09. The smallest absolute Gasteiger partial charge is 0.0682 e. The number of aromatic nitrogens is 2. The lowest BCUT2D eigenvalue weighted by Gasteiger charge is -2.40. The second-order valence-corrected chi connectivity index (χ2v) is 8.94. The van der Waals surface area contributed by atoms with Crippen molar-refractivity contribution >= 4 is 10.9 Å². The molecule has 1 aliphatic carbocycles. The van der Waals surface area contributed by atoms with E-state index in [1.54, 1.807) is 0 Å². The lowest BCUT2D eigenvalue weighted by atomic mass is 9.98. The highest BCUT2D eigenvalue weighted by molar-refractivity contribution is 5.78. The van der Waals surface area contributed by atoms with Gasteiger partial charge in [0, 0.05) is 37.2 Å². The highest BCUT2D eigenvalue weighted by atomic mass is 16.5. The van der Waals surface area contributed by atoms with Crippen molar-refractivity contribution in [2.75, 3.05) is 13.2 Å². The van der Waals surface area contributed by atoms with Gasteiger partial charge >= 0.3 is 0 Å². The maximum atomic E-state index is 6.23. The first-order valence-electron chi connectivity index (χ1n) is 10.5. The summed E-state index contributed by atoms with van der Waals surface area (Å²) in [6, 6.07) is 10.0. The number of rotatable bonds is 7. The molecule has 1 aromatic heterocycles. The minimum Gasteiger partial charge on any atom is -0.378 e. The second kappa shape index (κ2) is 6.97. The maximum absolute atomic E-state index is 6.23. The fourth-order valence-corrected chi connectivity index (χ4v) is 5.10. The van der Waals surface area contributed by atoms with Crippen LogP contribution in [0.15, 0.2) is 30.5 Å². The Morgan fingerprint density at radius 3 is 2.62 bits per heavy atom. The Labute approximate surface area is 156 Å². The first kappa shape index (κ1) is 16.8. The van der Waals surface area contributed by atoms with Crippen LogP contribution < -0.4 is 0 Å². The summed E-state index contributed by atoms with van der Waals surface area (Å²) in [4.78, 5) is 2.80. The molecule has 0 radical (unpaired) electrons. The van der Waals surface area contributed by atoms with Crippen molar-refractivity contribution in [3.05, 3.63) is 30.5 Å². The van der Waals surface area contributed by atoms with Gasteiger partial charge in [-0.25, -0.2) is 0 Å². The molecule has 1 unspecified atom stereocenters. The van der Waals surface area contributed by atoms with Gasteiger partial charge in [-0.05, 0) is 56.4 Å². The normalized spacial score (nSPS) is 30.1. The number of para-hydroxylation sites is 1. The van der Waals surface area contributed by atoms with E-state index in [0.29, 0.717) is 12.0 Å². The fraction of sp³-hybridized carbons (Fsp3) is 0.682. The summed E-state index contributed by atoms with van der Waals surface area (Å²) in [5, 5.41) is 5.86. The number of ether oxygens (including phenoxy) is 1. The van der Waals surface area contributed by atoms with E-state index in [-0.39, 0.29) is 0 Å². The van der Waals surface area contributed by atoms with Gasteiger partial charge in [0.05, 0.1) is 17.8 Å². The largest absolute Gasteiger partial charge is 0.378 e. The standard InChI is InChI=1S/C22H31N3O/c1-16(14-25-22-5-3-2-4-18(22)12-23-25)13-24-19-8-9-20(24)11-21(10-19)26-15-17-6-7-17/h2-5,12,16-17,19-21H,6-11,13-15H2,1H3/t16?,19-,20-/m0/s1. The van der Waals surface area contributed by atoms with Gasteiger partial charge < -0.3 is 4.74 Å². The van der Waals surface area contributed by atoms with Gasteiger partial charge in [-0.3, -0.25) is 9.58 Å². The molecular formula is C22H31N3O. The van der Waals surface area contributed by atoms with Gasteiger partial charge in [-0.2, -0.15) is 5.10 Å². The molecule has 140 valence electrons. The summed E-state index contributed by atoms with van der Waals surface area (Å²) in [7, 11) is 0. The number of hydrogen-bond acceptors (Lipinski definition) is 3. The average Bonchev–Trinajstić information content (AvgIpc) is 3.36. The highest BCUT2D eigenvalue weighted by Gasteiger charge is 2.41. The van der Waals surface area contributed by atoms with E-state index in [0.717, 1.165) is 31.2 Å². The van der Waals surface area contributed by atoms with Crippen LogP contribution in [-0.2, 0) is 11.3 Å². The lowest BCUT2D eigenvalue weighted by Crippen LogP contribution is -2.47. The summed E-state index contributed by atoms with van der Waals surface area (Å²) >= 11 is 0. The van der Waals surface area contributed by atoms with Crippen molar-refractivity contribution in [1.82, 2.24) is 14.7 Å². The van der Waals surface area contributed by atoms with E-state index in [1.807, 2.05) is 6.20 Å². The maximum Gasteiger partial charge on any atom is 0.0682 e. The SMILES string of the molecule is CC(CN1[C@H]2CC[C@H]1CC(OCC1CC1)C2)Cn1ncc2ccccc21. The van der Waals surface area contributed by atoms with Crippen LogP contribution in [0.1, 0.15) is 45.4 Å². The van der Waals surface area contributed by atoms with Crippen LogP contribution in [0.2, 0.25) is 0 Å². The van der Waals surface area contributed by atoms with E-state index in [9.17, 15) is 0 Å². The van der Waals surface area contributed by atoms with Crippen LogP contribution in [-0.4, -0.2) is 46.0 Å². The van der Waals surface area contributed by atoms with Gasteiger partial charge in [0.25, 0.3) is 0 Å². The van der Waals surface area contributed by atoms with E-state index < -0.39 is 0 Å². The van der Waals surface area contributed by atoms with E-state index in [1.165, 1.54) is 56.0 Å². The van der Waals surface area contributed by atoms with Gasteiger partial charge in [0.15, 0.2) is 0 Å². The first-order valence-corrected chi connectivity index (χ1v) is 10.5. The molecule has 1 saturated carbocycles. The van der Waals surface area contributed by atoms with Crippen molar-refractivity contribution in [3.63, 3.8) is 0 Å². The zero-order chi connectivity index (χ0) is 17.5. The minimum absolute atomic E-state index is 0.523. The van der Waals surface area contributed by atoms with Gasteiger partial charge in [-0.1, -0.05) is 25.1 Å². The van der Waals surface area contributed by atoms with Crippen LogP contribution in [0, 0.1) is 11.8 Å². The predicted molar refractivity (Wildman–Crippen MR) is 104 cm³/mol. The molecule has 26 heavy (non-hydrogen) atoms. The molecule has 0 spiro atoms. The van der Waals surface area contributed by atoms with Gasteiger partial charge in [-0.15, -0.1) is 0 Å². The third kappa shape index (κ3) is 3.41. The van der Waals surface area contributed by atoms with Crippen LogP contribution in [0.25, 0.3) is 10.9 Å². The van der Waals surface area contributed by atoms with Crippen LogP contribution in [0.3, 0.4) is 0 Å². The number of piperidine rings is 1. The molecule has 3 fully saturated rings. The zero-order valence-electron chi connectivity index (χ0n) is 15.9. The molecule has 5 rings (SSSR count). The molecule has 3 atom stereocenters. The van der Waals surface area contributed by atoms with E-state index >= 15 is 0 Å². The molecule has 4 heteroatoms. The minimum atomic E-state index is 0.523. The molecule has 3 aliphatic rings. The molecule has 0 amide bonds. The summed E-state index contributed by atoms with van der Waals surface area (Å²) in [6.45, 7) is 5.60. The molecule has 4 nitrogen and oxygen atoms in total. The first-order chi connectivity index (χ1) is 12.8. The van der Waals surface area contributed by atoms with E-state index in [2.05, 4.69) is 45.9 Å². The summed E-state index contributed by atoms with van der Waals surface area (Å²) in [6.07, 6.45) is 10.5. The topological polar surface area (TPSA) is 30.3 Å². The number of hydrogen-bond donors (Lipinski definition) is 0. The Morgan fingerprint density at radius 1 is 1.08 bits per heavy atom. The highest BCUT2D eigenvalue weighted by Crippen LogP contribution is 2.38. The molecule has 2 saturated heterocycles. The third-order valence-corrected chi connectivity index (χ3v) is 6.66. The van der Waals surface area contributed by atoms with Crippen molar-refractivity contribution in [1.29, 1.82) is 0 Å². The van der Waals surface area contributed by atoms with Crippen LogP contribution in [0.4, 0.5) is 0 Å². The van der Waals surface area contributed by atoms with E-state index in [4.69, 9.17) is 4.74 Å². The molecule has 2 aromatic rings. The molecule has 1 aromatic carbocycles. The monoisotopic (exact) mass is 353 g/mol. The number of nitrogens with zero attached hydrogens (tertiary/aromatic N) is 3. The zero-order valence-corrected chi connectivity index (χ0v) is 15.9. The van der Waals surface area contributed by atoms with Crippen LogP contribution in [0.5, 0.6) is 0 Å². The summed E-state index contributed by atoms with van der Waals surface area (Å²) < 4.78 is 8.42. The van der Waals surface area contributed by atoms with Gasteiger partial charge in [0.1, 0.15) is 0 Å². The van der Waals surface area contributed by atoms with Gasteiger partial charge in [0.2, 0.25) is 0 Å². The molecule has 0 N–H and O–H groups in total. The van der Waals surface area contributed by atoms with Crippen LogP contribution >= 0.6 is 0 Å². The Bertz CT molecular complexity index is 739.